The molecule has 2 aromatic rings. The second-order valence-electron chi connectivity index (χ2n) is 2.79. The standard InChI is InChI=1S/C8H8N4O2/c9-3-5-4(8(13)14)1-2-6-7(5)11-12-10-6/h1-2H,3,9H2,(H,13,14)(H,10,11,12). The lowest BCUT2D eigenvalue weighted by Gasteiger charge is -2.02. The summed E-state index contributed by atoms with van der Waals surface area (Å²) in [5.41, 5.74) is 7.29. The predicted octanol–water partition coefficient (Wildman–Crippen LogP) is 0.115. The normalized spacial score (nSPS) is 10.6. The number of aromatic amines is 1. The van der Waals surface area contributed by atoms with Crippen LogP contribution in [0.5, 0.6) is 0 Å². The highest BCUT2D eigenvalue weighted by atomic mass is 16.4. The summed E-state index contributed by atoms with van der Waals surface area (Å²) >= 11 is 0. The lowest BCUT2D eigenvalue weighted by Crippen LogP contribution is -2.07. The lowest BCUT2D eigenvalue weighted by molar-refractivity contribution is 0.0696. The number of aromatic carboxylic acids is 1. The average molecular weight is 192 g/mol. The Morgan fingerprint density at radius 3 is 2.93 bits per heavy atom. The third-order valence-electron chi connectivity index (χ3n) is 2.03. The van der Waals surface area contributed by atoms with Crippen molar-refractivity contribution in [2.45, 2.75) is 6.54 Å². The molecular weight excluding hydrogens is 184 g/mol. The molecule has 72 valence electrons. The molecule has 0 fully saturated rings. The van der Waals surface area contributed by atoms with Crippen molar-refractivity contribution < 1.29 is 9.90 Å². The van der Waals surface area contributed by atoms with E-state index in [1.165, 1.54) is 6.07 Å². The lowest BCUT2D eigenvalue weighted by atomic mass is 10.1. The maximum Gasteiger partial charge on any atom is 0.336 e. The van der Waals surface area contributed by atoms with E-state index in [4.69, 9.17) is 10.8 Å². The molecule has 0 aliphatic rings. The fraction of sp³-hybridized carbons (Fsp3) is 0.125. The van der Waals surface area contributed by atoms with Crippen LogP contribution in [-0.2, 0) is 6.54 Å². The zero-order valence-corrected chi connectivity index (χ0v) is 7.19. The van der Waals surface area contributed by atoms with Crippen LogP contribution in [0.15, 0.2) is 12.1 Å². The molecule has 1 heterocycles. The largest absolute Gasteiger partial charge is 0.478 e. The summed E-state index contributed by atoms with van der Waals surface area (Å²) in [6, 6.07) is 3.08. The monoisotopic (exact) mass is 192 g/mol. The molecule has 1 aromatic carbocycles. The van der Waals surface area contributed by atoms with Gasteiger partial charge in [0.05, 0.1) is 5.56 Å². The zero-order chi connectivity index (χ0) is 10.1. The first-order valence-electron chi connectivity index (χ1n) is 3.99. The van der Waals surface area contributed by atoms with Crippen LogP contribution < -0.4 is 5.73 Å². The molecule has 0 saturated heterocycles. The van der Waals surface area contributed by atoms with Gasteiger partial charge in [0.2, 0.25) is 0 Å². The average Bonchev–Trinajstić information content (AvgIpc) is 2.63. The molecule has 0 atom stereocenters. The summed E-state index contributed by atoms with van der Waals surface area (Å²) in [7, 11) is 0. The maximum absolute atomic E-state index is 10.8. The van der Waals surface area contributed by atoms with Gasteiger partial charge in [0.15, 0.2) is 0 Å². The molecule has 0 amide bonds. The number of nitrogens with two attached hydrogens (primary N) is 1. The number of hydrogen-bond donors (Lipinski definition) is 3. The number of nitrogens with one attached hydrogen (secondary N) is 1. The minimum absolute atomic E-state index is 0.130. The number of nitrogens with zero attached hydrogens (tertiary/aromatic N) is 2. The van der Waals surface area contributed by atoms with Crippen molar-refractivity contribution in [3.05, 3.63) is 23.3 Å². The van der Waals surface area contributed by atoms with Crippen LogP contribution in [0.1, 0.15) is 15.9 Å². The molecule has 6 heteroatoms. The van der Waals surface area contributed by atoms with Crippen molar-refractivity contribution in [2.75, 3.05) is 0 Å². The summed E-state index contributed by atoms with van der Waals surface area (Å²) in [5, 5.41) is 19.0. The van der Waals surface area contributed by atoms with Gasteiger partial charge in [-0.15, -0.1) is 0 Å². The molecule has 2 rings (SSSR count). The number of hydrogen-bond acceptors (Lipinski definition) is 4. The Morgan fingerprint density at radius 1 is 1.50 bits per heavy atom. The number of aromatic nitrogens is 3. The Morgan fingerprint density at radius 2 is 2.29 bits per heavy atom. The first kappa shape index (κ1) is 8.64. The highest BCUT2D eigenvalue weighted by Gasteiger charge is 2.14. The van der Waals surface area contributed by atoms with Crippen molar-refractivity contribution in [2.24, 2.45) is 5.73 Å². The summed E-state index contributed by atoms with van der Waals surface area (Å²) in [6.07, 6.45) is 0. The molecule has 14 heavy (non-hydrogen) atoms. The second-order valence-corrected chi connectivity index (χ2v) is 2.79. The van der Waals surface area contributed by atoms with Gasteiger partial charge in [0.1, 0.15) is 11.0 Å². The van der Waals surface area contributed by atoms with E-state index in [1.54, 1.807) is 6.07 Å². The van der Waals surface area contributed by atoms with E-state index in [9.17, 15) is 4.79 Å². The summed E-state index contributed by atoms with van der Waals surface area (Å²) in [6.45, 7) is 0.130. The van der Waals surface area contributed by atoms with Gasteiger partial charge in [-0.25, -0.2) is 4.79 Å². The molecule has 0 saturated carbocycles. The SMILES string of the molecule is NCc1c(C(=O)O)ccc2n[nH]nc12. The second kappa shape index (κ2) is 3.08. The molecular formula is C8H8N4O2. The van der Waals surface area contributed by atoms with E-state index in [0.717, 1.165) is 0 Å². The minimum Gasteiger partial charge on any atom is -0.478 e. The van der Waals surface area contributed by atoms with Crippen LogP contribution in [0.3, 0.4) is 0 Å². The van der Waals surface area contributed by atoms with Gasteiger partial charge < -0.3 is 10.8 Å². The van der Waals surface area contributed by atoms with E-state index in [1.807, 2.05) is 0 Å². The topological polar surface area (TPSA) is 105 Å². The van der Waals surface area contributed by atoms with E-state index < -0.39 is 5.97 Å². The Balaban J connectivity index is 2.78. The van der Waals surface area contributed by atoms with E-state index >= 15 is 0 Å². The summed E-state index contributed by atoms with van der Waals surface area (Å²) in [4.78, 5) is 10.8. The number of carboxylic acid groups (broad SMARTS) is 1. The molecule has 1 aromatic heterocycles. The van der Waals surface area contributed by atoms with Crippen molar-refractivity contribution in [1.29, 1.82) is 0 Å². The van der Waals surface area contributed by atoms with Crippen molar-refractivity contribution in [1.82, 2.24) is 15.4 Å². The van der Waals surface area contributed by atoms with E-state index in [-0.39, 0.29) is 12.1 Å². The van der Waals surface area contributed by atoms with Crippen molar-refractivity contribution in [3.63, 3.8) is 0 Å². The Labute approximate surface area is 78.7 Å². The molecule has 0 radical (unpaired) electrons. The molecule has 0 aliphatic carbocycles. The highest BCUT2D eigenvalue weighted by Crippen LogP contribution is 2.18. The number of carboxylic acids is 1. The highest BCUT2D eigenvalue weighted by molar-refractivity contribution is 5.95. The van der Waals surface area contributed by atoms with Gasteiger partial charge in [0, 0.05) is 12.1 Å². The maximum atomic E-state index is 10.8. The van der Waals surface area contributed by atoms with Gasteiger partial charge in [0.25, 0.3) is 0 Å². The summed E-state index contributed by atoms with van der Waals surface area (Å²) < 4.78 is 0. The van der Waals surface area contributed by atoms with Gasteiger partial charge in [-0.1, -0.05) is 0 Å². The van der Waals surface area contributed by atoms with Gasteiger partial charge in [-0.3, -0.25) is 0 Å². The number of rotatable bonds is 2. The molecule has 0 aliphatic heterocycles. The van der Waals surface area contributed by atoms with Gasteiger partial charge in [-0.2, -0.15) is 15.4 Å². The fourth-order valence-electron chi connectivity index (χ4n) is 1.37. The molecule has 6 nitrogen and oxygen atoms in total. The van der Waals surface area contributed by atoms with Crippen LogP contribution in [0.25, 0.3) is 11.0 Å². The predicted molar refractivity (Wildman–Crippen MR) is 48.7 cm³/mol. The molecule has 0 bridgehead atoms. The quantitative estimate of drug-likeness (QED) is 0.626. The van der Waals surface area contributed by atoms with Crippen molar-refractivity contribution >= 4 is 17.0 Å². The van der Waals surface area contributed by atoms with Gasteiger partial charge in [-0.05, 0) is 12.1 Å². The van der Waals surface area contributed by atoms with Crippen LogP contribution >= 0.6 is 0 Å². The van der Waals surface area contributed by atoms with Crippen LogP contribution in [0, 0.1) is 0 Å². The Hall–Kier alpha value is -1.95. The number of fused-ring (bicyclic) bond motifs is 1. The molecule has 0 unspecified atom stereocenters. The third-order valence-corrected chi connectivity index (χ3v) is 2.03. The Kier molecular flexibility index (Phi) is 1.90. The number of carbonyl (C=O) groups is 1. The third kappa shape index (κ3) is 1.12. The number of benzene rings is 1. The number of H-pyrrole nitrogens is 1. The Bertz CT molecular complexity index is 491. The minimum atomic E-state index is -1.00. The molecule has 0 spiro atoms. The first-order valence-corrected chi connectivity index (χ1v) is 3.99. The van der Waals surface area contributed by atoms with Crippen LogP contribution in [0.2, 0.25) is 0 Å². The fourth-order valence-corrected chi connectivity index (χ4v) is 1.37. The van der Waals surface area contributed by atoms with Crippen LogP contribution in [0.4, 0.5) is 0 Å². The van der Waals surface area contributed by atoms with Crippen molar-refractivity contribution in [3.8, 4) is 0 Å². The molecule has 4 N–H and O–H groups in total. The van der Waals surface area contributed by atoms with E-state index in [0.29, 0.717) is 16.6 Å². The smallest absolute Gasteiger partial charge is 0.336 e. The van der Waals surface area contributed by atoms with Gasteiger partial charge >= 0.3 is 5.97 Å². The first-order chi connectivity index (χ1) is 6.74. The zero-order valence-electron chi connectivity index (χ0n) is 7.19. The summed E-state index contributed by atoms with van der Waals surface area (Å²) in [5.74, 6) is -1.00. The van der Waals surface area contributed by atoms with E-state index in [2.05, 4.69) is 15.4 Å². The van der Waals surface area contributed by atoms with Crippen LogP contribution in [-0.4, -0.2) is 26.5 Å².